The van der Waals surface area contributed by atoms with Gasteiger partial charge in [0, 0.05) is 5.69 Å². The lowest BCUT2D eigenvalue weighted by atomic mass is 10.2. The first-order valence-electron chi connectivity index (χ1n) is 5.48. The van der Waals surface area contributed by atoms with Crippen molar-refractivity contribution in [1.29, 1.82) is 0 Å². The number of benzene rings is 1. The lowest BCUT2D eigenvalue weighted by molar-refractivity contribution is -0.109. The van der Waals surface area contributed by atoms with Gasteiger partial charge in [-0.05, 0) is 32.1 Å². The predicted molar refractivity (Wildman–Crippen MR) is 67.0 cm³/mol. The normalized spacial score (nSPS) is 11.6. The van der Waals surface area contributed by atoms with E-state index >= 15 is 0 Å². The van der Waals surface area contributed by atoms with Crippen LogP contribution in [0.3, 0.4) is 0 Å². The van der Waals surface area contributed by atoms with E-state index in [2.05, 4.69) is 16.0 Å². The minimum Gasteiger partial charge on any atom is -0.328 e. The van der Waals surface area contributed by atoms with Crippen LogP contribution in [0.1, 0.15) is 6.42 Å². The molecule has 2 amide bonds. The van der Waals surface area contributed by atoms with E-state index < -0.39 is 6.04 Å². The van der Waals surface area contributed by atoms with Crippen molar-refractivity contribution in [2.75, 3.05) is 18.9 Å². The average Bonchev–Trinajstić information content (AvgIpc) is 2.35. The summed E-state index contributed by atoms with van der Waals surface area (Å²) in [5, 5.41) is 8.17. The van der Waals surface area contributed by atoms with Gasteiger partial charge in [0.1, 0.15) is 6.29 Å². The second-order valence-corrected chi connectivity index (χ2v) is 3.60. The van der Waals surface area contributed by atoms with Crippen molar-refractivity contribution in [2.24, 2.45) is 0 Å². The van der Waals surface area contributed by atoms with Crippen LogP contribution in [-0.2, 0) is 4.79 Å². The van der Waals surface area contributed by atoms with Crippen molar-refractivity contribution in [2.45, 2.75) is 12.5 Å². The topological polar surface area (TPSA) is 70.2 Å². The molecule has 17 heavy (non-hydrogen) atoms. The lowest BCUT2D eigenvalue weighted by Gasteiger charge is -2.13. The Kier molecular flexibility index (Phi) is 5.74. The van der Waals surface area contributed by atoms with Crippen LogP contribution in [-0.4, -0.2) is 32.0 Å². The van der Waals surface area contributed by atoms with Gasteiger partial charge in [0.05, 0.1) is 6.04 Å². The highest BCUT2D eigenvalue weighted by atomic mass is 16.2. The number of nitrogens with one attached hydrogen (secondary N) is 3. The molecule has 92 valence electrons. The Bertz CT molecular complexity index is 354. The number of rotatable bonds is 6. The van der Waals surface area contributed by atoms with Crippen LogP contribution in [0.15, 0.2) is 30.3 Å². The molecular weight excluding hydrogens is 218 g/mol. The van der Waals surface area contributed by atoms with Crippen LogP contribution in [0.2, 0.25) is 0 Å². The number of carbonyl (C=O) groups excluding carboxylic acids is 2. The van der Waals surface area contributed by atoms with Gasteiger partial charge in [-0.15, -0.1) is 0 Å². The van der Waals surface area contributed by atoms with Gasteiger partial charge in [-0.2, -0.15) is 0 Å². The number of para-hydroxylation sites is 1. The fourth-order valence-corrected chi connectivity index (χ4v) is 1.33. The first-order chi connectivity index (χ1) is 8.26. The third kappa shape index (κ3) is 5.12. The smallest absolute Gasteiger partial charge is 0.319 e. The predicted octanol–water partition coefficient (Wildman–Crippen LogP) is 0.985. The number of hydrogen-bond acceptors (Lipinski definition) is 3. The summed E-state index contributed by atoms with van der Waals surface area (Å²) < 4.78 is 0. The number of aldehydes is 1. The van der Waals surface area contributed by atoms with E-state index in [1.807, 2.05) is 18.2 Å². The van der Waals surface area contributed by atoms with Crippen molar-refractivity contribution < 1.29 is 9.59 Å². The van der Waals surface area contributed by atoms with Gasteiger partial charge in [-0.1, -0.05) is 18.2 Å². The van der Waals surface area contributed by atoms with E-state index in [0.29, 0.717) is 18.7 Å². The molecule has 0 fully saturated rings. The van der Waals surface area contributed by atoms with Crippen LogP contribution in [0.25, 0.3) is 0 Å². The standard InChI is InChI=1S/C12H17N3O2/c1-13-8-7-11(9-16)15-12(17)14-10-5-3-2-4-6-10/h2-6,9,11,13H,7-8H2,1H3,(H2,14,15,17). The van der Waals surface area contributed by atoms with Crippen molar-refractivity contribution in [3.05, 3.63) is 30.3 Å². The minimum absolute atomic E-state index is 0.371. The first-order valence-corrected chi connectivity index (χ1v) is 5.48. The molecular formula is C12H17N3O2. The Morgan fingerprint density at radius 2 is 2.06 bits per heavy atom. The highest BCUT2D eigenvalue weighted by Gasteiger charge is 2.10. The lowest BCUT2D eigenvalue weighted by Crippen LogP contribution is -2.40. The second-order valence-electron chi connectivity index (χ2n) is 3.60. The largest absolute Gasteiger partial charge is 0.328 e. The molecule has 0 aliphatic carbocycles. The molecule has 0 aliphatic heterocycles. The van der Waals surface area contributed by atoms with Gasteiger partial charge in [-0.3, -0.25) is 0 Å². The van der Waals surface area contributed by atoms with Crippen LogP contribution < -0.4 is 16.0 Å². The maximum Gasteiger partial charge on any atom is 0.319 e. The average molecular weight is 235 g/mol. The van der Waals surface area contributed by atoms with Crippen molar-refractivity contribution in [3.63, 3.8) is 0 Å². The molecule has 1 rings (SSSR count). The van der Waals surface area contributed by atoms with Gasteiger partial charge in [0.15, 0.2) is 0 Å². The third-order valence-corrected chi connectivity index (χ3v) is 2.22. The highest BCUT2D eigenvalue weighted by molar-refractivity contribution is 5.90. The van der Waals surface area contributed by atoms with E-state index in [1.165, 1.54) is 0 Å². The van der Waals surface area contributed by atoms with Crippen LogP contribution in [0.4, 0.5) is 10.5 Å². The van der Waals surface area contributed by atoms with Gasteiger partial charge in [0.2, 0.25) is 0 Å². The van der Waals surface area contributed by atoms with Gasteiger partial charge in [-0.25, -0.2) is 4.79 Å². The molecule has 1 aromatic carbocycles. The van der Waals surface area contributed by atoms with E-state index in [0.717, 1.165) is 6.29 Å². The van der Waals surface area contributed by atoms with Crippen molar-refractivity contribution in [3.8, 4) is 0 Å². The fourth-order valence-electron chi connectivity index (χ4n) is 1.33. The molecule has 1 atom stereocenters. The fraction of sp³-hybridized carbons (Fsp3) is 0.333. The quantitative estimate of drug-likeness (QED) is 0.644. The summed E-state index contributed by atoms with van der Waals surface area (Å²) in [7, 11) is 1.80. The van der Waals surface area contributed by atoms with Crippen molar-refractivity contribution in [1.82, 2.24) is 10.6 Å². The number of amides is 2. The van der Waals surface area contributed by atoms with Crippen molar-refractivity contribution >= 4 is 18.0 Å². The summed E-state index contributed by atoms with van der Waals surface area (Å²) in [4.78, 5) is 22.3. The molecule has 0 radical (unpaired) electrons. The Balaban J connectivity index is 2.40. The van der Waals surface area contributed by atoms with Gasteiger partial charge in [0.25, 0.3) is 0 Å². The molecule has 0 aliphatic rings. The zero-order valence-electron chi connectivity index (χ0n) is 9.77. The van der Waals surface area contributed by atoms with Gasteiger partial charge < -0.3 is 20.7 Å². The summed E-state index contributed by atoms with van der Waals surface area (Å²) in [6.45, 7) is 0.676. The molecule has 0 spiro atoms. The molecule has 0 saturated heterocycles. The number of hydrogen-bond donors (Lipinski definition) is 3. The minimum atomic E-state index is -0.467. The Morgan fingerprint density at radius 3 is 2.65 bits per heavy atom. The van der Waals surface area contributed by atoms with Crippen LogP contribution >= 0.6 is 0 Å². The monoisotopic (exact) mass is 235 g/mol. The Morgan fingerprint density at radius 1 is 1.35 bits per heavy atom. The summed E-state index contributed by atoms with van der Waals surface area (Å²) in [5.74, 6) is 0. The molecule has 0 heterocycles. The zero-order valence-corrected chi connectivity index (χ0v) is 9.77. The Labute approximate surface area is 101 Å². The second kappa shape index (κ2) is 7.40. The molecule has 0 aromatic heterocycles. The highest BCUT2D eigenvalue weighted by Crippen LogP contribution is 2.04. The van der Waals surface area contributed by atoms with E-state index in [9.17, 15) is 9.59 Å². The maximum absolute atomic E-state index is 11.5. The van der Waals surface area contributed by atoms with Crippen LogP contribution in [0.5, 0.6) is 0 Å². The van der Waals surface area contributed by atoms with E-state index in [-0.39, 0.29) is 6.03 Å². The number of anilines is 1. The molecule has 0 saturated carbocycles. The molecule has 5 nitrogen and oxygen atoms in total. The summed E-state index contributed by atoms with van der Waals surface area (Å²) in [6.07, 6.45) is 1.31. The van der Waals surface area contributed by atoms with E-state index in [1.54, 1.807) is 19.2 Å². The Hall–Kier alpha value is -1.88. The molecule has 5 heteroatoms. The van der Waals surface area contributed by atoms with E-state index in [4.69, 9.17) is 0 Å². The zero-order chi connectivity index (χ0) is 12.5. The maximum atomic E-state index is 11.5. The number of urea groups is 1. The number of carbonyl (C=O) groups is 2. The van der Waals surface area contributed by atoms with Crippen LogP contribution in [0, 0.1) is 0 Å². The summed E-state index contributed by atoms with van der Waals surface area (Å²) in [5.41, 5.74) is 0.697. The summed E-state index contributed by atoms with van der Waals surface area (Å²) >= 11 is 0. The first kappa shape index (κ1) is 13.2. The molecule has 1 unspecified atom stereocenters. The molecule has 3 N–H and O–H groups in total. The molecule has 1 aromatic rings. The van der Waals surface area contributed by atoms with Gasteiger partial charge >= 0.3 is 6.03 Å². The summed E-state index contributed by atoms with van der Waals surface area (Å²) in [6, 6.07) is 8.24. The third-order valence-electron chi connectivity index (χ3n) is 2.22. The molecule has 0 bridgehead atoms. The SMILES string of the molecule is CNCCC(C=O)NC(=O)Nc1ccccc1.